The molecule has 0 saturated carbocycles. The molecule has 0 spiro atoms. The van der Waals surface area contributed by atoms with E-state index in [1.54, 1.807) is 12.2 Å². The molecule has 0 aliphatic heterocycles. The van der Waals surface area contributed by atoms with E-state index in [9.17, 15) is 9.59 Å². The van der Waals surface area contributed by atoms with Crippen molar-refractivity contribution < 1.29 is 9.59 Å². The van der Waals surface area contributed by atoms with Crippen molar-refractivity contribution in [1.29, 1.82) is 0 Å². The largest absolute Gasteiger partial charge is 0.294 e. The molecule has 2 aliphatic rings. The molecule has 2 heteroatoms. The summed E-state index contributed by atoms with van der Waals surface area (Å²) in [5.74, 6) is 0.324. The van der Waals surface area contributed by atoms with E-state index < -0.39 is 10.8 Å². The van der Waals surface area contributed by atoms with Gasteiger partial charge in [-0.05, 0) is 77.7 Å². The first kappa shape index (κ1) is 16.7. The van der Waals surface area contributed by atoms with Gasteiger partial charge in [0, 0.05) is 10.8 Å². The minimum Gasteiger partial charge on any atom is -0.294 e. The van der Waals surface area contributed by atoms with Crippen LogP contribution in [-0.2, 0) is 9.59 Å². The number of rotatable bonds is 3. The highest BCUT2D eigenvalue weighted by Crippen LogP contribution is 2.35. The fourth-order valence-electron chi connectivity index (χ4n) is 3.13. The predicted octanol–water partition coefficient (Wildman–Crippen LogP) is 4.73. The van der Waals surface area contributed by atoms with Crippen LogP contribution >= 0.6 is 0 Å². The van der Waals surface area contributed by atoms with Gasteiger partial charge in [-0.2, -0.15) is 0 Å². The standard InChI is InChI=1S/C20H26O2/c1-13-11-19(3,4)17(21)9-15(13)7-8-16-10-18(22)20(5,6)12-14(16)2/h9-12H,7-8H2,1-6H3. The molecule has 2 aliphatic carbocycles. The maximum atomic E-state index is 12.1. The zero-order chi connectivity index (χ0) is 16.7. The van der Waals surface area contributed by atoms with Gasteiger partial charge in [0.1, 0.15) is 0 Å². The Morgan fingerprint density at radius 2 is 1.05 bits per heavy atom. The average molecular weight is 298 g/mol. The summed E-state index contributed by atoms with van der Waals surface area (Å²) in [6.45, 7) is 11.9. The van der Waals surface area contributed by atoms with Crippen LogP contribution in [0.3, 0.4) is 0 Å². The second kappa shape index (κ2) is 5.49. The Bertz CT molecular complexity index is 591. The lowest BCUT2D eigenvalue weighted by Crippen LogP contribution is -2.24. The van der Waals surface area contributed by atoms with E-state index in [0.717, 1.165) is 24.0 Å². The molecule has 0 N–H and O–H groups in total. The van der Waals surface area contributed by atoms with Crippen LogP contribution in [0.4, 0.5) is 0 Å². The van der Waals surface area contributed by atoms with Crippen molar-refractivity contribution in [3.8, 4) is 0 Å². The summed E-state index contributed by atoms with van der Waals surface area (Å²) in [5.41, 5.74) is 3.75. The summed E-state index contributed by atoms with van der Waals surface area (Å²) in [5, 5.41) is 0. The number of carbonyl (C=O) groups is 2. The summed E-state index contributed by atoms with van der Waals surface area (Å²) in [4.78, 5) is 24.2. The molecule has 0 bridgehead atoms. The Balaban J connectivity index is 2.12. The zero-order valence-electron chi connectivity index (χ0n) is 14.5. The van der Waals surface area contributed by atoms with Gasteiger partial charge < -0.3 is 0 Å². The van der Waals surface area contributed by atoms with Gasteiger partial charge in [-0.15, -0.1) is 0 Å². The molecule has 0 fully saturated rings. The first-order valence-corrected chi connectivity index (χ1v) is 7.92. The van der Waals surface area contributed by atoms with Gasteiger partial charge in [0.05, 0.1) is 0 Å². The zero-order valence-corrected chi connectivity index (χ0v) is 14.5. The second-order valence-electron chi connectivity index (χ2n) is 7.67. The average Bonchev–Trinajstić information content (AvgIpc) is 2.37. The van der Waals surface area contributed by atoms with Crippen LogP contribution in [0.15, 0.2) is 46.6 Å². The fraction of sp³-hybridized carbons (Fsp3) is 0.500. The minimum absolute atomic E-state index is 0.162. The van der Waals surface area contributed by atoms with Crippen molar-refractivity contribution in [2.75, 3.05) is 0 Å². The molecule has 0 aromatic heterocycles. The highest BCUT2D eigenvalue weighted by atomic mass is 16.1. The summed E-state index contributed by atoms with van der Waals surface area (Å²) >= 11 is 0. The van der Waals surface area contributed by atoms with Crippen molar-refractivity contribution in [2.24, 2.45) is 10.8 Å². The third-order valence-electron chi connectivity index (χ3n) is 4.71. The lowest BCUT2D eigenvalue weighted by atomic mass is 9.76. The van der Waals surface area contributed by atoms with Crippen molar-refractivity contribution in [2.45, 2.75) is 54.4 Å². The SMILES string of the molecule is CC1=CC(C)(C)C(=O)C=C1CCC1=CC(=O)C(C)(C)C=C1C. The highest BCUT2D eigenvalue weighted by molar-refractivity contribution is 5.99. The van der Waals surface area contributed by atoms with Gasteiger partial charge >= 0.3 is 0 Å². The number of carbonyl (C=O) groups excluding carboxylic acids is 2. The van der Waals surface area contributed by atoms with Gasteiger partial charge in [0.2, 0.25) is 0 Å². The van der Waals surface area contributed by atoms with Crippen LogP contribution in [0, 0.1) is 10.8 Å². The number of hydrogen-bond donors (Lipinski definition) is 0. The molecule has 0 atom stereocenters. The van der Waals surface area contributed by atoms with Crippen LogP contribution < -0.4 is 0 Å². The molecule has 2 rings (SSSR count). The smallest absolute Gasteiger partial charge is 0.165 e. The van der Waals surface area contributed by atoms with Gasteiger partial charge in [-0.3, -0.25) is 9.59 Å². The monoisotopic (exact) mass is 298 g/mol. The molecule has 0 aromatic rings. The van der Waals surface area contributed by atoms with Crippen LogP contribution in [-0.4, -0.2) is 11.6 Å². The maximum absolute atomic E-state index is 12.1. The first-order chi connectivity index (χ1) is 10.0. The highest BCUT2D eigenvalue weighted by Gasteiger charge is 2.29. The fourth-order valence-corrected chi connectivity index (χ4v) is 3.13. The molecule has 0 radical (unpaired) electrons. The molecule has 2 nitrogen and oxygen atoms in total. The van der Waals surface area contributed by atoms with E-state index in [2.05, 4.69) is 26.0 Å². The lowest BCUT2D eigenvalue weighted by molar-refractivity contribution is -0.121. The Hall–Kier alpha value is -1.70. The molecule has 118 valence electrons. The van der Waals surface area contributed by atoms with Crippen LogP contribution in [0.25, 0.3) is 0 Å². The maximum Gasteiger partial charge on any atom is 0.165 e. The Kier molecular flexibility index (Phi) is 4.16. The molecule has 0 amide bonds. The molecular weight excluding hydrogens is 272 g/mol. The van der Waals surface area contributed by atoms with E-state index in [1.807, 2.05) is 27.7 Å². The third-order valence-corrected chi connectivity index (χ3v) is 4.71. The van der Waals surface area contributed by atoms with Crippen molar-refractivity contribution >= 4 is 11.6 Å². The number of allylic oxidation sites excluding steroid dienone is 8. The van der Waals surface area contributed by atoms with Crippen molar-refractivity contribution in [3.63, 3.8) is 0 Å². The van der Waals surface area contributed by atoms with E-state index >= 15 is 0 Å². The normalized spacial score (nSPS) is 23.5. The van der Waals surface area contributed by atoms with Gasteiger partial charge in [0.25, 0.3) is 0 Å². The van der Waals surface area contributed by atoms with Gasteiger partial charge in [0.15, 0.2) is 11.6 Å². The predicted molar refractivity (Wildman–Crippen MR) is 90.5 cm³/mol. The van der Waals surface area contributed by atoms with Crippen LogP contribution in [0.1, 0.15) is 54.4 Å². The van der Waals surface area contributed by atoms with Gasteiger partial charge in [-0.25, -0.2) is 0 Å². The number of ketones is 2. The molecule has 22 heavy (non-hydrogen) atoms. The van der Waals surface area contributed by atoms with Crippen LogP contribution in [0.2, 0.25) is 0 Å². The van der Waals surface area contributed by atoms with Gasteiger partial charge in [-0.1, -0.05) is 23.3 Å². The Labute approximate surface area is 133 Å². The summed E-state index contributed by atoms with van der Waals surface area (Å²) in [6, 6.07) is 0. The molecule has 0 aromatic carbocycles. The van der Waals surface area contributed by atoms with E-state index in [4.69, 9.17) is 0 Å². The van der Waals surface area contributed by atoms with E-state index in [0.29, 0.717) is 0 Å². The summed E-state index contributed by atoms with van der Waals surface area (Å²) in [7, 11) is 0. The quantitative estimate of drug-likeness (QED) is 0.755. The van der Waals surface area contributed by atoms with Crippen LogP contribution in [0.5, 0.6) is 0 Å². The van der Waals surface area contributed by atoms with Crippen molar-refractivity contribution in [3.05, 3.63) is 46.6 Å². The summed E-state index contributed by atoms with van der Waals surface area (Å²) in [6.07, 6.45) is 9.27. The Morgan fingerprint density at radius 1 is 0.727 bits per heavy atom. The number of hydrogen-bond acceptors (Lipinski definition) is 2. The van der Waals surface area contributed by atoms with E-state index in [-0.39, 0.29) is 11.6 Å². The van der Waals surface area contributed by atoms with Crippen molar-refractivity contribution in [1.82, 2.24) is 0 Å². The lowest BCUT2D eigenvalue weighted by Gasteiger charge is -2.26. The molecule has 0 saturated heterocycles. The molecular formula is C20H26O2. The third kappa shape index (κ3) is 3.21. The second-order valence-corrected chi connectivity index (χ2v) is 7.67. The minimum atomic E-state index is -0.395. The molecule has 0 unspecified atom stereocenters. The topological polar surface area (TPSA) is 34.1 Å². The first-order valence-electron chi connectivity index (χ1n) is 7.92. The molecule has 0 heterocycles. The Morgan fingerprint density at radius 3 is 1.36 bits per heavy atom. The van der Waals surface area contributed by atoms with E-state index in [1.165, 1.54) is 11.1 Å². The summed E-state index contributed by atoms with van der Waals surface area (Å²) < 4.78 is 0.